The molecule has 0 saturated carbocycles. The number of sulfonamides is 1. The van der Waals surface area contributed by atoms with Crippen molar-refractivity contribution in [2.45, 2.75) is 13.3 Å². The van der Waals surface area contributed by atoms with E-state index >= 15 is 0 Å². The van der Waals surface area contributed by atoms with E-state index in [0.29, 0.717) is 30.9 Å². The lowest BCUT2D eigenvalue weighted by molar-refractivity contribution is 0.0697. The number of aromatic carboxylic acids is 1. The van der Waals surface area contributed by atoms with Crippen LogP contribution in [0.25, 0.3) is 0 Å². The van der Waals surface area contributed by atoms with Gasteiger partial charge in [0.1, 0.15) is 11.4 Å². The van der Waals surface area contributed by atoms with Crippen LogP contribution in [0.15, 0.2) is 12.3 Å². The number of rotatable bonds is 7. The number of nitrogens with one attached hydrogen (secondary N) is 2. The summed E-state index contributed by atoms with van der Waals surface area (Å²) in [6.45, 7) is 2.42. The van der Waals surface area contributed by atoms with Gasteiger partial charge in [0.25, 0.3) is 0 Å². The van der Waals surface area contributed by atoms with Gasteiger partial charge in [-0.15, -0.1) is 0 Å². The Labute approximate surface area is 112 Å². The number of pyridine rings is 1. The molecule has 0 unspecified atom stereocenters. The first kappa shape index (κ1) is 15.4. The van der Waals surface area contributed by atoms with Crippen LogP contribution < -0.4 is 10.0 Å². The minimum Gasteiger partial charge on any atom is -0.478 e. The molecule has 106 valence electrons. The molecule has 1 heterocycles. The second-order valence-corrected chi connectivity index (χ2v) is 5.94. The predicted molar refractivity (Wildman–Crippen MR) is 71.9 cm³/mol. The zero-order chi connectivity index (χ0) is 14.5. The highest BCUT2D eigenvalue weighted by molar-refractivity contribution is 7.88. The molecule has 0 aromatic carbocycles. The van der Waals surface area contributed by atoms with Gasteiger partial charge in [-0.1, -0.05) is 0 Å². The van der Waals surface area contributed by atoms with Gasteiger partial charge < -0.3 is 10.4 Å². The summed E-state index contributed by atoms with van der Waals surface area (Å²) < 4.78 is 24.0. The fraction of sp³-hybridized carbons (Fsp3) is 0.455. The van der Waals surface area contributed by atoms with Crippen LogP contribution in [-0.4, -0.2) is 43.8 Å². The van der Waals surface area contributed by atoms with E-state index < -0.39 is 16.0 Å². The lowest BCUT2D eigenvalue weighted by Gasteiger charge is -2.10. The molecule has 0 spiro atoms. The maximum Gasteiger partial charge on any atom is 0.339 e. The number of carboxylic acids is 1. The Hall–Kier alpha value is -1.67. The van der Waals surface area contributed by atoms with E-state index in [-0.39, 0.29) is 5.56 Å². The zero-order valence-corrected chi connectivity index (χ0v) is 11.6. The quantitative estimate of drug-likeness (QED) is 0.628. The minimum absolute atomic E-state index is 0.138. The van der Waals surface area contributed by atoms with Gasteiger partial charge in [-0.05, 0) is 25.0 Å². The Morgan fingerprint density at radius 1 is 1.42 bits per heavy atom. The SMILES string of the molecule is Cc1ccnc(NCCCNS(C)(=O)=O)c1C(=O)O. The van der Waals surface area contributed by atoms with Crippen LogP contribution in [0.1, 0.15) is 22.3 Å². The van der Waals surface area contributed by atoms with Crippen molar-refractivity contribution in [3.8, 4) is 0 Å². The van der Waals surface area contributed by atoms with E-state index in [9.17, 15) is 13.2 Å². The second-order valence-electron chi connectivity index (χ2n) is 4.10. The van der Waals surface area contributed by atoms with Crippen molar-refractivity contribution in [1.82, 2.24) is 9.71 Å². The molecule has 19 heavy (non-hydrogen) atoms. The molecule has 0 atom stereocenters. The van der Waals surface area contributed by atoms with Crippen molar-refractivity contribution < 1.29 is 18.3 Å². The standard InChI is InChI=1S/C11H17N3O4S/c1-8-4-7-13-10(9(8)11(15)16)12-5-3-6-14-19(2,17)18/h4,7,14H,3,5-6H2,1-2H3,(H,12,13)(H,15,16). The van der Waals surface area contributed by atoms with Crippen molar-refractivity contribution in [1.29, 1.82) is 0 Å². The van der Waals surface area contributed by atoms with Gasteiger partial charge in [0, 0.05) is 19.3 Å². The molecule has 0 aliphatic carbocycles. The van der Waals surface area contributed by atoms with Gasteiger partial charge in [0.2, 0.25) is 10.0 Å². The predicted octanol–water partition coefficient (Wildman–Crippen LogP) is 0.439. The summed E-state index contributed by atoms with van der Waals surface area (Å²) in [7, 11) is -3.19. The highest BCUT2D eigenvalue weighted by atomic mass is 32.2. The molecular weight excluding hydrogens is 270 g/mol. The number of hydrogen-bond acceptors (Lipinski definition) is 5. The molecule has 8 heteroatoms. The van der Waals surface area contributed by atoms with Crippen molar-refractivity contribution >= 4 is 21.8 Å². The summed E-state index contributed by atoms with van der Waals surface area (Å²) >= 11 is 0. The Kier molecular flexibility index (Phi) is 5.25. The number of aromatic nitrogens is 1. The van der Waals surface area contributed by atoms with Crippen molar-refractivity contribution in [3.63, 3.8) is 0 Å². The van der Waals surface area contributed by atoms with Crippen LogP contribution in [-0.2, 0) is 10.0 Å². The van der Waals surface area contributed by atoms with Crippen molar-refractivity contribution in [2.24, 2.45) is 0 Å². The summed E-state index contributed by atoms with van der Waals surface area (Å²) in [6.07, 6.45) is 3.14. The highest BCUT2D eigenvalue weighted by Crippen LogP contribution is 2.16. The topological polar surface area (TPSA) is 108 Å². The fourth-order valence-corrected chi connectivity index (χ4v) is 2.03. The molecule has 1 rings (SSSR count). The fourth-order valence-electron chi connectivity index (χ4n) is 1.51. The number of carboxylic acid groups (broad SMARTS) is 1. The summed E-state index contributed by atoms with van der Waals surface area (Å²) in [5.41, 5.74) is 0.762. The highest BCUT2D eigenvalue weighted by Gasteiger charge is 2.13. The molecule has 0 aliphatic rings. The Bertz CT molecular complexity index is 557. The Balaban J connectivity index is 2.55. The molecule has 0 amide bonds. The molecular formula is C11H17N3O4S. The molecule has 0 radical (unpaired) electrons. The third-order valence-electron chi connectivity index (χ3n) is 2.38. The van der Waals surface area contributed by atoms with Gasteiger partial charge in [-0.2, -0.15) is 0 Å². The van der Waals surface area contributed by atoms with Gasteiger partial charge in [0.15, 0.2) is 0 Å². The van der Waals surface area contributed by atoms with E-state index in [0.717, 1.165) is 6.26 Å². The van der Waals surface area contributed by atoms with E-state index in [1.807, 2.05) is 0 Å². The third kappa shape index (κ3) is 5.23. The van der Waals surface area contributed by atoms with E-state index in [1.165, 1.54) is 6.20 Å². The molecule has 1 aromatic rings. The molecule has 0 saturated heterocycles. The summed E-state index contributed by atoms with van der Waals surface area (Å²) in [5.74, 6) is -0.741. The van der Waals surface area contributed by atoms with Gasteiger partial charge in [-0.25, -0.2) is 22.9 Å². The number of anilines is 1. The zero-order valence-electron chi connectivity index (χ0n) is 10.8. The lowest BCUT2D eigenvalue weighted by atomic mass is 10.1. The molecule has 1 aromatic heterocycles. The normalized spacial score (nSPS) is 11.3. The maximum absolute atomic E-state index is 11.1. The summed E-state index contributed by atoms with van der Waals surface area (Å²) in [4.78, 5) is 15.1. The minimum atomic E-state index is -3.19. The molecule has 7 nitrogen and oxygen atoms in total. The van der Waals surface area contributed by atoms with Gasteiger partial charge in [0.05, 0.1) is 6.26 Å². The van der Waals surface area contributed by atoms with Crippen LogP contribution in [0.4, 0.5) is 5.82 Å². The molecule has 0 aliphatic heterocycles. The third-order valence-corrected chi connectivity index (χ3v) is 3.11. The Morgan fingerprint density at radius 2 is 2.11 bits per heavy atom. The number of nitrogens with zero attached hydrogens (tertiary/aromatic N) is 1. The molecule has 0 bridgehead atoms. The first-order valence-electron chi connectivity index (χ1n) is 5.68. The van der Waals surface area contributed by atoms with Crippen LogP contribution >= 0.6 is 0 Å². The molecule has 0 fully saturated rings. The summed E-state index contributed by atoms with van der Waals surface area (Å²) in [6, 6.07) is 1.62. The Morgan fingerprint density at radius 3 is 2.68 bits per heavy atom. The summed E-state index contributed by atoms with van der Waals surface area (Å²) in [5, 5.41) is 12.0. The maximum atomic E-state index is 11.1. The average molecular weight is 287 g/mol. The smallest absolute Gasteiger partial charge is 0.339 e. The second kappa shape index (κ2) is 6.48. The number of hydrogen-bond donors (Lipinski definition) is 3. The van der Waals surface area contributed by atoms with Crippen molar-refractivity contribution in [2.75, 3.05) is 24.7 Å². The monoisotopic (exact) mass is 287 g/mol. The number of aryl methyl sites for hydroxylation is 1. The van der Waals surface area contributed by atoms with Crippen LogP contribution in [0.3, 0.4) is 0 Å². The van der Waals surface area contributed by atoms with E-state index in [2.05, 4.69) is 15.0 Å². The average Bonchev–Trinajstić information content (AvgIpc) is 2.26. The number of carbonyl (C=O) groups is 1. The van der Waals surface area contributed by atoms with Crippen molar-refractivity contribution in [3.05, 3.63) is 23.4 Å². The molecule has 3 N–H and O–H groups in total. The van der Waals surface area contributed by atoms with Crippen LogP contribution in [0, 0.1) is 6.92 Å². The van der Waals surface area contributed by atoms with Gasteiger partial charge >= 0.3 is 5.97 Å². The van der Waals surface area contributed by atoms with Crippen LogP contribution in [0.2, 0.25) is 0 Å². The first-order chi connectivity index (χ1) is 8.81. The largest absolute Gasteiger partial charge is 0.478 e. The van der Waals surface area contributed by atoms with E-state index in [1.54, 1.807) is 13.0 Å². The van der Waals surface area contributed by atoms with Crippen LogP contribution in [0.5, 0.6) is 0 Å². The van der Waals surface area contributed by atoms with Gasteiger partial charge in [-0.3, -0.25) is 0 Å². The first-order valence-corrected chi connectivity index (χ1v) is 7.58. The lowest BCUT2D eigenvalue weighted by Crippen LogP contribution is -2.24. The van der Waals surface area contributed by atoms with E-state index in [4.69, 9.17) is 5.11 Å².